The van der Waals surface area contributed by atoms with Crippen LogP contribution in [0.2, 0.25) is 0 Å². The van der Waals surface area contributed by atoms with E-state index in [0.29, 0.717) is 17.1 Å². The zero-order valence-corrected chi connectivity index (χ0v) is 21.3. The van der Waals surface area contributed by atoms with Gasteiger partial charge in [-0.25, -0.2) is 8.42 Å². The molecule has 0 N–H and O–H groups in total. The highest BCUT2D eigenvalue weighted by Gasteiger charge is 2.32. The minimum atomic E-state index is -3.82. The van der Waals surface area contributed by atoms with E-state index in [4.69, 9.17) is 0 Å². The van der Waals surface area contributed by atoms with Crippen LogP contribution in [0.5, 0.6) is 0 Å². The Morgan fingerprint density at radius 1 is 0.667 bits per heavy atom. The Morgan fingerprint density at radius 3 is 1.83 bits per heavy atom. The molecular weight excluding hydrogens is 462 g/mol. The van der Waals surface area contributed by atoms with Gasteiger partial charge in [-0.05, 0) is 54.3 Å². The molecule has 0 fully saturated rings. The third-order valence-electron chi connectivity index (χ3n) is 6.60. The van der Waals surface area contributed by atoms with Crippen LogP contribution in [0.25, 0.3) is 11.3 Å². The van der Waals surface area contributed by atoms with E-state index in [-0.39, 0.29) is 5.92 Å². The summed E-state index contributed by atoms with van der Waals surface area (Å²) >= 11 is 0. The normalized spacial score (nSPS) is 16.2. The fourth-order valence-corrected chi connectivity index (χ4v) is 6.05. The zero-order chi connectivity index (χ0) is 25.1. The van der Waals surface area contributed by atoms with Crippen molar-refractivity contribution in [2.24, 2.45) is 0 Å². The van der Waals surface area contributed by atoms with Gasteiger partial charge in [0.2, 0.25) is 0 Å². The molecule has 4 aromatic rings. The third-order valence-corrected chi connectivity index (χ3v) is 8.39. The SMILES string of the molecule is Cc1ccc(C2=C[C@H](c3ccccc3)CN(S(=O)(=O)c3ccc(C)cc3)C(c3ccccc3)=C2)cc1. The van der Waals surface area contributed by atoms with Crippen molar-refractivity contribution in [3.8, 4) is 0 Å². The molecule has 0 saturated heterocycles. The molecule has 0 unspecified atom stereocenters. The topological polar surface area (TPSA) is 37.4 Å². The molecule has 0 saturated carbocycles. The highest BCUT2D eigenvalue weighted by molar-refractivity contribution is 7.89. The maximum Gasteiger partial charge on any atom is 0.264 e. The van der Waals surface area contributed by atoms with Crippen molar-refractivity contribution in [3.05, 3.63) is 149 Å². The molecule has 1 heterocycles. The van der Waals surface area contributed by atoms with Crippen molar-refractivity contribution in [2.45, 2.75) is 24.7 Å². The Kier molecular flexibility index (Phi) is 6.62. The van der Waals surface area contributed by atoms with Gasteiger partial charge in [0.05, 0.1) is 10.6 Å². The van der Waals surface area contributed by atoms with E-state index in [2.05, 4.69) is 49.4 Å². The molecule has 1 aliphatic heterocycles. The fourth-order valence-electron chi connectivity index (χ4n) is 4.54. The van der Waals surface area contributed by atoms with Crippen LogP contribution in [0, 0.1) is 13.8 Å². The van der Waals surface area contributed by atoms with Crippen molar-refractivity contribution in [3.63, 3.8) is 0 Å². The van der Waals surface area contributed by atoms with E-state index in [1.165, 1.54) is 5.56 Å². The van der Waals surface area contributed by atoms with E-state index in [1.54, 1.807) is 16.4 Å². The van der Waals surface area contributed by atoms with E-state index in [0.717, 1.165) is 27.8 Å². The maximum absolute atomic E-state index is 14.2. The van der Waals surface area contributed by atoms with E-state index >= 15 is 0 Å². The lowest BCUT2D eigenvalue weighted by atomic mass is 9.94. The summed E-state index contributed by atoms with van der Waals surface area (Å²) in [4.78, 5) is 0.292. The molecule has 0 aliphatic carbocycles. The molecule has 0 aromatic heterocycles. The Morgan fingerprint density at radius 2 is 1.22 bits per heavy atom. The maximum atomic E-state index is 14.2. The minimum absolute atomic E-state index is 0.125. The first-order valence-corrected chi connectivity index (χ1v) is 13.6. The second-order valence-corrected chi connectivity index (χ2v) is 11.1. The summed E-state index contributed by atoms with van der Waals surface area (Å²) in [6, 6.07) is 35.4. The lowest BCUT2D eigenvalue weighted by Crippen LogP contribution is -2.32. The quantitative estimate of drug-likeness (QED) is 0.296. The van der Waals surface area contributed by atoms with Gasteiger partial charge in [-0.15, -0.1) is 0 Å². The van der Waals surface area contributed by atoms with Gasteiger partial charge >= 0.3 is 0 Å². The van der Waals surface area contributed by atoms with Crippen LogP contribution in [0.3, 0.4) is 0 Å². The minimum Gasteiger partial charge on any atom is -0.265 e. The second kappa shape index (κ2) is 10.00. The van der Waals surface area contributed by atoms with E-state index in [1.807, 2.05) is 73.7 Å². The lowest BCUT2D eigenvalue weighted by Gasteiger charge is -2.29. The van der Waals surface area contributed by atoms with Crippen LogP contribution in [-0.4, -0.2) is 19.3 Å². The van der Waals surface area contributed by atoms with Crippen molar-refractivity contribution in [2.75, 3.05) is 6.54 Å². The highest BCUT2D eigenvalue weighted by atomic mass is 32.2. The predicted octanol–water partition coefficient (Wildman–Crippen LogP) is 7.22. The molecule has 4 heteroatoms. The van der Waals surface area contributed by atoms with Crippen LogP contribution in [0.4, 0.5) is 0 Å². The Bertz CT molecular complexity index is 1500. The largest absolute Gasteiger partial charge is 0.265 e. The molecule has 1 atom stereocenters. The summed E-state index contributed by atoms with van der Waals surface area (Å²) in [5.41, 5.74) is 6.88. The predicted molar refractivity (Wildman–Crippen MR) is 148 cm³/mol. The van der Waals surface area contributed by atoms with Crippen LogP contribution < -0.4 is 0 Å². The first-order valence-electron chi connectivity index (χ1n) is 12.1. The molecule has 4 aromatic carbocycles. The number of rotatable bonds is 5. The number of aryl methyl sites for hydroxylation is 2. The van der Waals surface area contributed by atoms with Gasteiger partial charge < -0.3 is 0 Å². The zero-order valence-electron chi connectivity index (χ0n) is 20.5. The molecule has 1 aliphatic rings. The van der Waals surface area contributed by atoms with Gasteiger partial charge in [0.25, 0.3) is 10.0 Å². The lowest BCUT2D eigenvalue weighted by molar-refractivity contribution is 0.499. The van der Waals surface area contributed by atoms with Crippen molar-refractivity contribution in [1.82, 2.24) is 4.31 Å². The van der Waals surface area contributed by atoms with Crippen molar-refractivity contribution < 1.29 is 8.42 Å². The molecule has 0 spiro atoms. The van der Waals surface area contributed by atoms with Crippen LogP contribution in [-0.2, 0) is 10.0 Å². The van der Waals surface area contributed by atoms with Crippen molar-refractivity contribution in [1.29, 1.82) is 0 Å². The van der Waals surface area contributed by atoms with Gasteiger partial charge in [0.1, 0.15) is 0 Å². The summed E-state index contributed by atoms with van der Waals surface area (Å²) in [6.07, 6.45) is 4.22. The van der Waals surface area contributed by atoms with Crippen molar-refractivity contribution >= 4 is 21.3 Å². The fraction of sp³-hybridized carbons (Fsp3) is 0.125. The molecule has 5 rings (SSSR count). The molecule has 180 valence electrons. The van der Waals surface area contributed by atoms with E-state index < -0.39 is 10.0 Å². The van der Waals surface area contributed by atoms with Crippen LogP contribution in [0.1, 0.15) is 33.7 Å². The number of hydrogen-bond donors (Lipinski definition) is 0. The van der Waals surface area contributed by atoms with E-state index in [9.17, 15) is 8.42 Å². The number of nitrogens with zero attached hydrogens (tertiary/aromatic N) is 1. The number of allylic oxidation sites excluding steroid dienone is 2. The summed E-state index contributed by atoms with van der Waals surface area (Å²) in [5.74, 6) is -0.125. The monoisotopic (exact) mass is 491 g/mol. The van der Waals surface area contributed by atoms with Crippen LogP contribution >= 0.6 is 0 Å². The smallest absolute Gasteiger partial charge is 0.264 e. The van der Waals surface area contributed by atoms with Crippen LogP contribution in [0.15, 0.2) is 126 Å². The molecule has 36 heavy (non-hydrogen) atoms. The first-order chi connectivity index (χ1) is 17.4. The molecule has 0 radical (unpaired) electrons. The highest BCUT2D eigenvalue weighted by Crippen LogP contribution is 2.37. The summed E-state index contributed by atoms with van der Waals surface area (Å²) < 4.78 is 29.9. The van der Waals surface area contributed by atoms with Gasteiger partial charge in [-0.3, -0.25) is 4.31 Å². The van der Waals surface area contributed by atoms with Gasteiger partial charge in [-0.2, -0.15) is 0 Å². The summed E-state index contributed by atoms with van der Waals surface area (Å²) in [5, 5.41) is 0. The Balaban J connectivity index is 1.73. The average molecular weight is 492 g/mol. The Hall–Kier alpha value is -3.89. The summed E-state index contributed by atoms with van der Waals surface area (Å²) in [6.45, 7) is 4.33. The summed E-state index contributed by atoms with van der Waals surface area (Å²) in [7, 11) is -3.82. The number of benzene rings is 4. The van der Waals surface area contributed by atoms with Gasteiger partial charge in [0, 0.05) is 12.5 Å². The molecule has 0 bridgehead atoms. The first kappa shape index (κ1) is 23.8. The standard InChI is InChI=1S/C32H29NO2S/c1-24-13-17-27(18-14-24)29-21-30(26-9-5-3-6-10-26)23-33(32(22-29)28-11-7-4-8-12-28)36(34,35)31-19-15-25(2)16-20-31/h3-22,30H,23H2,1-2H3/t30-/m0/s1. The third kappa shape index (κ3) is 4.91. The molecule has 0 amide bonds. The number of sulfonamides is 1. The average Bonchev–Trinajstić information content (AvgIpc) is 3.12. The molecule has 3 nitrogen and oxygen atoms in total. The number of hydrogen-bond acceptors (Lipinski definition) is 2. The Labute approximate surface area is 214 Å². The second-order valence-electron chi connectivity index (χ2n) is 9.25. The van der Waals surface area contributed by atoms with Gasteiger partial charge in [-0.1, -0.05) is 114 Å². The molecular formula is C32H29NO2S. The van der Waals surface area contributed by atoms with Gasteiger partial charge in [0.15, 0.2) is 0 Å².